The van der Waals surface area contributed by atoms with Crippen LogP contribution < -0.4 is 15.3 Å². The molecule has 1 aliphatic rings. The molecule has 33 heavy (non-hydrogen) atoms. The standard InChI is InChI=1S/C19H20FN6O6P/c1-11(19(27)28)25-33(29,32-12-5-3-2-4-6-12)10-30-14-7-13(20)18(31-14)26-9-24-15-16(21)22-8-23-17(15)26/h2-9,11,14,18H,10H2,1H3,(H,25,29)(H,27,28)(H2,21,22,23)/t11-,14?,18?,33?/m0/s1. The van der Waals surface area contributed by atoms with E-state index in [4.69, 9.17) is 19.7 Å². The number of imidazole rings is 1. The summed E-state index contributed by atoms with van der Waals surface area (Å²) in [5.41, 5.74) is 6.29. The quantitative estimate of drug-likeness (QED) is 0.387. The van der Waals surface area contributed by atoms with Crippen molar-refractivity contribution in [2.24, 2.45) is 0 Å². The number of carboxylic acids is 1. The Morgan fingerprint density at radius 3 is 2.85 bits per heavy atom. The number of nitrogens with zero attached hydrogens (tertiary/aromatic N) is 4. The molecule has 0 saturated carbocycles. The number of aromatic nitrogens is 4. The Hall–Kier alpha value is -3.38. The highest BCUT2D eigenvalue weighted by atomic mass is 31.2. The van der Waals surface area contributed by atoms with Crippen LogP contribution >= 0.6 is 7.52 Å². The maximum Gasteiger partial charge on any atom is 0.342 e. The molecule has 2 aromatic heterocycles. The Morgan fingerprint density at radius 2 is 2.12 bits per heavy atom. The zero-order valence-electron chi connectivity index (χ0n) is 17.2. The van der Waals surface area contributed by atoms with E-state index in [-0.39, 0.29) is 22.7 Å². The van der Waals surface area contributed by atoms with E-state index in [0.29, 0.717) is 0 Å². The first-order valence-electron chi connectivity index (χ1n) is 9.67. The number of fused-ring (bicyclic) bond motifs is 1. The van der Waals surface area contributed by atoms with Crippen LogP contribution in [0.5, 0.6) is 5.75 Å². The van der Waals surface area contributed by atoms with Gasteiger partial charge in [0, 0.05) is 6.08 Å². The number of para-hydroxylation sites is 1. The van der Waals surface area contributed by atoms with Crippen molar-refractivity contribution in [1.82, 2.24) is 24.6 Å². The second-order valence-corrected chi connectivity index (χ2v) is 9.10. The smallest absolute Gasteiger partial charge is 0.342 e. The van der Waals surface area contributed by atoms with Crippen molar-refractivity contribution in [3.05, 3.63) is 54.9 Å². The number of hydrogen-bond donors (Lipinski definition) is 3. The largest absolute Gasteiger partial charge is 0.480 e. The second kappa shape index (κ2) is 9.24. The number of anilines is 1. The molecular formula is C19H20FN6O6P. The lowest BCUT2D eigenvalue weighted by Crippen LogP contribution is -2.34. The van der Waals surface area contributed by atoms with Crippen LogP contribution in [0.4, 0.5) is 10.2 Å². The van der Waals surface area contributed by atoms with Crippen LogP contribution in [-0.4, -0.2) is 49.3 Å². The molecule has 4 N–H and O–H groups in total. The molecular weight excluding hydrogens is 458 g/mol. The first kappa shape index (κ1) is 22.8. The Kier molecular flexibility index (Phi) is 6.38. The van der Waals surface area contributed by atoms with Gasteiger partial charge in [-0.2, -0.15) is 0 Å². The van der Waals surface area contributed by atoms with Crippen LogP contribution in [0, 0.1) is 0 Å². The molecule has 14 heteroatoms. The van der Waals surface area contributed by atoms with Crippen molar-refractivity contribution in [3.63, 3.8) is 0 Å². The van der Waals surface area contributed by atoms with Crippen LogP contribution in [0.25, 0.3) is 11.2 Å². The van der Waals surface area contributed by atoms with Gasteiger partial charge in [-0.3, -0.25) is 13.9 Å². The molecule has 1 aromatic carbocycles. The highest BCUT2D eigenvalue weighted by Gasteiger charge is 2.35. The summed E-state index contributed by atoms with van der Waals surface area (Å²) in [6, 6.07) is 6.97. The molecule has 0 bridgehead atoms. The van der Waals surface area contributed by atoms with E-state index in [1.165, 1.54) is 24.1 Å². The molecule has 1 aliphatic heterocycles. The van der Waals surface area contributed by atoms with E-state index in [9.17, 15) is 18.9 Å². The summed E-state index contributed by atoms with van der Waals surface area (Å²) in [5, 5.41) is 11.6. The number of nitrogens with two attached hydrogens (primary N) is 1. The number of hydrogen-bond acceptors (Lipinski definition) is 9. The van der Waals surface area contributed by atoms with Crippen molar-refractivity contribution in [3.8, 4) is 5.75 Å². The lowest BCUT2D eigenvalue weighted by atomic mass is 10.3. The van der Waals surface area contributed by atoms with Crippen molar-refractivity contribution in [2.45, 2.75) is 25.5 Å². The molecule has 3 heterocycles. The molecule has 3 unspecified atom stereocenters. The van der Waals surface area contributed by atoms with Crippen LogP contribution in [0.15, 0.2) is 54.9 Å². The van der Waals surface area contributed by atoms with Gasteiger partial charge in [0.15, 0.2) is 36.2 Å². The zero-order chi connectivity index (χ0) is 23.6. The van der Waals surface area contributed by atoms with E-state index >= 15 is 0 Å². The number of ether oxygens (including phenoxy) is 2. The second-order valence-electron chi connectivity index (χ2n) is 7.05. The summed E-state index contributed by atoms with van der Waals surface area (Å²) >= 11 is 0. The lowest BCUT2D eigenvalue weighted by Gasteiger charge is -2.24. The fraction of sp³-hybridized carbons (Fsp3) is 0.263. The molecule has 0 saturated heterocycles. The first-order valence-corrected chi connectivity index (χ1v) is 11.5. The highest BCUT2D eigenvalue weighted by Crippen LogP contribution is 2.45. The molecule has 0 aliphatic carbocycles. The molecule has 0 fully saturated rings. The van der Waals surface area contributed by atoms with Gasteiger partial charge in [-0.1, -0.05) is 18.2 Å². The van der Waals surface area contributed by atoms with Gasteiger partial charge in [0.25, 0.3) is 0 Å². The van der Waals surface area contributed by atoms with Gasteiger partial charge in [0.1, 0.15) is 23.6 Å². The molecule has 0 radical (unpaired) electrons. The van der Waals surface area contributed by atoms with Gasteiger partial charge in [-0.15, -0.1) is 0 Å². The number of nitrogen functional groups attached to an aromatic ring is 1. The Labute approximate surface area is 186 Å². The van der Waals surface area contributed by atoms with Crippen LogP contribution in [0.2, 0.25) is 0 Å². The SMILES string of the molecule is C[C@H](NP(=O)(COC1C=C(F)C(n2cnc3c(N)ncnc32)O1)Oc1ccccc1)C(=O)O. The van der Waals surface area contributed by atoms with E-state index in [0.717, 1.165) is 6.08 Å². The number of rotatable bonds is 9. The van der Waals surface area contributed by atoms with Gasteiger partial charge < -0.3 is 24.8 Å². The fourth-order valence-electron chi connectivity index (χ4n) is 3.03. The van der Waals surface area contributed by atoms with Gasteiger partial charge >= 0.3 is 13.5 Å². The number of carbonyl (C=O) groups is 1. The average molecular weight is 478 g/mol. The van der Waals surface area contributed by atoms with Crippen molar-refractivity contribution in [2.75, 3.05) is 12.1 Å². The van der Waals surface area contributed by atoms with Gasteiger partial charge in [0.05, 0.1) is 6.33 Å². The summed E-state index contributed by atoms with van der Waals surface area (Å²) in [6.45, 7) is 1.31. The van der Waals surface area contributed by atoms with Gasteiger partial charge in [0.2, 0.25) is 0 Å². The maximum atomic E-state index is 14.7. The van der Waals surface area contributed by atoms with Crippen LogP contribution in [-0.2, 0) is 18.8 Å². The minimum atomic E-state index is -3.89. The summed E-state index contributed by atoms with van der Waals surface area (Å²) in [4.78, 5) is 23.2. The summed E-state index contributed by atoms with van der Waals surface area (Å²) in [5.74, 6) is -1.56. The highest BCUT2D eigenvalue weighted by molar-refractivity contribution is 7.57. The Balaban J connectivity index is 1.48. The predicted molar refractivity (Wildman–Crippen MR) is 114 cm³/mol. The van der Waals surface area contributed by atoms with E-state index in [2.05, 4.69) is 20.0 Å². The lowest BCUT2D eigenvalue weighted by molar-refractivity contribution is -0.138. The van der Waals surface area contributed by atoms with Crippen LogP contribution in [0.3, 0.4) is 0 Å². The average Bonchev–Trinajstić information content (AvgIpc) is 3.37. The van der Waals surface area contributed by atoms with Gasteiger partial charge in [-0.25, -0.2) is 24.4 Å². The minimum Gasteiger partial charge on any atom is -0.480 e. The van der Waals surface area contributed by atoms with Crippen molar-refractivity contribution in [1.29, 1.82) is 0 Å². The molecule has 4 rings (SSSR count). The third-order valence-corrected chi connectivity index (χ3v) is 6.37. The summed E-state index contributed by atoms with van der Waals surface area (Å²) in [6.07, 6.45) is 0.494. The Morgan fingerprint density at radius 1 is 1.36 bits per heavy atom. The first-order chi connectivity index (χ1) is 15.8. The molecule has 4 atom stereocenters. The fourth-order valence-corrected chi connectivity index (χ4v) is 4.72. The molecule has 0 amide bonds. The molecule has 174 valence electrons. The summed E-state index contributed by atoms with van der Waals surface area (Å²) in [7, 11) is -3.89. The van der Waals surface area contributed by atoms with Crippen molar-refractivity contribution >= 4 is 30.5 Å². The van der Waals surface area contributed by atoms with E-state index in [1.807, 2.05) is 0 Å². The zero-order valence-corrected chi connectivity index (χ0v) is 18.1. The Bertz CT molecular complexity index is 1240. The number of benzene rings is 1. The van der Waals surface area contributed by atoms with Crippen molar-refractivity contribution < 1.29 is 32.9 Å². The van der Waals surface area contributed by atoms with E-state index in [1.54, 1.807) is 30.3 Å². The van der Waals surface area contributed by atoms with Gasteiger partial charge in [-0.05, 0) is 19.1 Å². The third-order valence-electron chi connectivity index (χ3n) is 4.60. The normalized spacial score (nSPS) is 20.8. The number of aliphatic carboxylic acids is 1. The molecule has 0 spiro atoms. The van der Waals surface area contributed by atoms with E-state index < -0.39 is 44.2 Å². The number of halogens is 1. The number of nitrogens with one attached hydrogen (secondary N) is 1. The maximum absolute atomic E-state index is 14.7. The third kappa shape index (κ3) is 5.01. The van der Waals surface area contributed by atoms with Crippen LogP contribution in [0.1, 0.15) is 13.2 Å². The molecule has 12 nitrogen and oxygen atoms in total. The minimum absolute atomic E-state index is 0.131. The number of carboxylic acid groups (broad SMARTS) is 1. The predicted octanol–water partition coefficient (Wildman–Crippen LogP) is 2.43. The molecule has 3 aromatic rings. The topological polar surface area (TPSA) is 164 Å². The monoisotopic (exact) mass is 478 g/mol. The summed E-state index contributed by atoms with van der Waals surface area (Å²) < 4.78 is 45.9.